The SMILES string of the molecule is Cc1[nH]c(SCC(=O)Nc2cccnc2Cl)nc1Cc1ccccc1. The fourth-order valence-corrected chi connectivity index (χ4v) is 3.20. The number of rotatable bonds is 6. The van der Waals surface area contributed by atoms with Gasteiger partial charge < -0.3 is 10.3 Å². The Morgan fingerprint density at radius 1 is 1.24 bits per heavy atom. The summed E-state index contributed by atoms with van der Waals surface area (Å²) in [5.41, 5.74) is 3.72. The standard InChI is InChI=1S/C18H17ClN4OS/c1-12-15(10-13-6-3-2-4-7-13)23-18(21-12)25-11-16(24)22-14-8-5-9-20-17(14)19/h2-9H,10-11H2,1H3,(H,21,23)(H,22,24). The Labute approximate surface area is 155 Å². The van der Waals surface area contributed by atoms with Crippen LogP contribution in [-0.2, 0) is 11.2 Å². The number of aryl methyl sites for hydroxylation is 1. The molecule has 2 heterocycles. The molecule has 2 N–H and O–H groups in total. The van der Waals surface area contributed by atoms with Crippen LogP contribution >= 0.6 is 23.4 Å². The predicted molar refractivity (Wildman–Crippen MR) is 101 cm³/mol. The number of pyridine rings is 1. The number of carbonyl (C=O) groups is 1. The molecule has 0 unspecified atom stereocenters. The van der Waals surface area contributed by atoms with Crippen molar-refractivity contribution in [2.75, 3.05) is 11.1 Å². The first kappa shape index (κ1) is 17.5. The van der Waals surface area contributed by atoms with E-state index < -0.39 is 0 Å². The maximum Gasteiger partial charge on any atom is 0.234 e. The molecule has 0 aliphatic carbocycles. The van der Waals surface area contributed by atoms with Crippen LogP contribution in [0.4, 0.5) is 5.69 Å². The van der Waals surface area contributed by atoms with Crippen LogP contribution in [0.5, 0.6) is 0 Å². The van der Waals surface area contributed by atoms with Crippen molar-refractivity contribution < 1.29 is 4.79 Å². The van der Waals surface area contributed by atoms with E-state index >= 15 is 0 Å². The van der Waals surface area contributed by atoms with Crippen LogP contribution < -0.4 is 5.32 Å². The average molecular weight is 373 g/mol. The minimum atomic E-state index is -0.154. The Kier molecular flexibility index (Phi) is 5.73. The van der Waals surface area contributed by atoms with Crippen LogP contribution in [-0.4, -0.2) is 26.6 Å². The molecule has 0 atom stereocenters. The number of carbonyl (C=O) groups excluding carboxylic acids is 1. The molecular formula is C18H17ClN4OS. The van der Waals surface area contributed by atoms with E-state index in [4.69, 9.17) is 11.6 Å². The van der Waals surface area contributed by atoms with Crippen molar-refractivity contribution in [2.24, 2.45) is 0 Å². The Balaban J connectivity index is 1.57. The summed E-state index contributed by atoms with van der Waals surface area (Å²) in [4.78, 5) is 23.8. The van der Waals surface area contributed by atoms with Gasteiger partial charge in [-0.05, 0) is 24.6 Å². The molecule has 3 aromatic rings. The van der Waals surface area contributed by atoms with Gasteiger partial charge >= 0.3 is 0 Å². The summed E-state index contributed by atoms with van der Waals surface area (Å²) >= 11 is 7.29. The minimum Gasteiger partial charge on any atom is -0.337 e. The number of aromatic nitrogens is 3. The summed E-state index contributed by atoms with van der Waals surface area (Å²) in [6, 6.07) is 13.6. The van der Waals surface area contributed by atoms with E-state index in [-0.39, 0.29) is 16.8 Å². The Bertz CT molecular complexity index is 867. The number of aromatic amines is 1. The number of halogens is 1. The zero-order valence-corrected chi connectivity index (χ0v) is 15.2. The fourth-order valence-electron chi connectivity index (χ4n) is 2.30. The van der Waals surface area contributed by atoms with E-state index in [1.165, 1.54) is 17.3 Å². The Morgan fingerprint density at radius 3 is 2.80 bits per heavy atom. The van der Waals surface area contributed by atoms with Crippen LogP contribution in [0.15, 0.2) is 53.8 Å². The maximum absolute atomic E-state index is 12.1. The van der Waals surface area contributed by atoms with E-state index in [9.17, 15) is 4.79 Å². The normalized spacial score (nSPS) is 10.6. The van der Waals surface area contributed by atoms with Crippen molar-refractivity contribution >= 4 is 35.0 Å². The van der Waals surface area contributed by atoms with E-state index in [0.29, 0.717) is 5.69 Å². The second kappa shape index (κ2) is 8.18. The first-order valence-electron chi connectivity index (χ1n) is 7.74. The molecule has 25 heavy (non-hydrogen) atoms. The molecule has 3 rings (SSSR count). The highest BCUT2D eigenvalue weighted by Gasteiger charge is 2.11. The zero-order chi connectivity index (χ0) is 17.6. The minimum absolute atomic E-state index is 0.154. The van der Waals surface area contributed by atoms with Gasteiger partial charge in [-0.15, -0.1) is 0 Å². The lowest BCUT2D eigenvalue weighted by Crippen LogP contribution is -2.14. The molecule has 0 saturated heterocycles. The number of thioether (sulfide) groups is 1. The number of anilines is 1. The summed E-state index contributed by atoms with van der Waals surface area (Å²) in [6.07, 6.45) is 2.34. The van der Waals surface area contributed by atoms with Gasteiger partial charge in [0.15, 0.2) is 10.3 Å². The van der Waals surface area contributed by atoms with E-state index in [2.05, 4.69) is 32.4 Å². The fraction of sp³-hybridized carbons (Fsp3) is 0.167. The van der Waals surface area contributed by atoms with E-state index in [1.807, 2.05) is 25.1 Å². The van der Waals surface area contributed by atoms with Crippen molar-refractivity contribution in [3.63, 3.8) is 0 Å². The quantitative estimate of drug-likeness (QED) is 0.505. The molecule has 0 spiro atoms. The second-order valence-electron chi connectivity index (χ2n) is 5.45. The third-order valence-corrected chi connectivity index (χ3v) is 4.73. The molecule has 128 valence electrons. The van der Waals surface area contributed by atoms with Gasteiger partial charge in [-0.2, -0.15) is 0 Å². The maximum atomic E-state index is 12.1. The van der Waals surface area contributed by atoms with Gasteiger partial charge in [0.25, 0.3) is 0 Å². The highest BCUT2D eigenvalue weighted by Crippen LogP contribution is 2.21. The number of benzene rings is 1. The summed E-state index contributed by atoms with van der Waals surface area (Å²) in [5.74, 6) is 0.0849. The lowest BCUT2D eigenvalue weighted by Gasteiger charge is -2.05. The van der Waals surface area contributed by atoms with Crippen LogP contribution in [0.1, 0.15) is 17.0 Å². The summed E-state index contributed by atoms with van der Waals surface area (Å²) in [6.45, 7) is 1.99. The smallest absolute Gasteiger partial charge is 0.234 e. The molecular weight excluding hydrogens is 356 g/mol. The molecule has 0 bridgehead atoms. The molecule has 5 nitrogen and oxygen atoms in total. The van der Waals surface area contributed by atoms with Gasteiger partial charge in [-0.3, -0.25) is 4.79 Å². The first-order chi connectivity index (χ1) is 12.1. The first-order valence-corrected chi connectivity index (χ1v) is 9.11. The van der Waals surface area contributed by atoms with Crippen LogP contribution in [0.25, 0.3) is 0 Å². The van der Waals surface area contributed by atoms with Crippen LogP contribution in [0.2, 0.25) is 5.15 Å². The number of hydrogen-bond acceptors (Lipinski definition) is 4. The molecule has 7 heteroatoms. The molecule has 0 aliphatic heterocycles. The topological polar surface area (TPSA) is 70.7 Å². The number of hydrogen-bond donors (Lipinski definition) is 2. The van der Waals surface area contributed by atoms with Gasteiger partial charge in [0, 0.05) is 18.3 Å². The van der Waals surface area contributed by atoms with Crippen LogP contribution in [0.3, 0.4) is 0 Å². The molecule has 1 amide bonds. The van der Waals surface area contributed by atoms with Gasteiger partial charge in [-0.1, -0.05) is 53.7 Å². The molecule has 0 radical (unpaired) electrons. The molecule has 0 fully saturated rings. The predicted octanol–water partition coefficient (Wildman–Crippen LogP) is 4.09. The summed E-state index contributed by atoms with van der Waals surface area (Å²) < 4.78 is 0. The van der Waals surface area contributed by atoms with Crippen LogP contribution in [0, 0.1) is 6.92 Å². The Morgan fingerprint density at radius 2 is 2.04 bits per heavy atom. The number of amides is 1. The summed E-state index contributed by atoms with van der Waals surface area (Å²) in [5, 5.41) is 3.76. The average Bonchev–Trinajstić information content (AvgIpc) is 2.96. The molecule has 0 aliphatic rings. The van der Waals surface area contributed by atoms with Gasteiger partial charge in [0.05, 0.1) is 17.1 Å². The molecule has 2 aromatic heterocycles. The number of nitrogens with zero attached hydrogens (tertiary/aromatic N) is 2. The monoisotopic (exact) mass is 372 g/mol. The lowest BCUT2D eigenvalue weighted by molar-refractivity contribution is -0.113. The zero-order valence-electron chi connectivity index (χ0n) is 13.6. The number of imidazole rings is 1. The molecule has 0 saturated carbocycles. The van der Waals surface area contributed by atoms with E-state index in [0.717, 1.165) is 23.0 Å². The van der Waals surface area contributed by atoms with Gasteiger partial charge in [-0.25, -0.2) is 9.97 Å². The second-order valence-corrected chi connectivity index (χ2v) is 6.78. The number of nitrogens with one attached hydrogen (secondary N) is 2. The third-order valence-electron chi connectivity index (χ3n) is 3.55. The van der Waals surface area contributed by atoms with E-state index in [1.54, 1.807) is 18.3 Å². The largest absolute Gasteiger partial charge is 0.337 e. The highest BCUT2D eigenvalue weighted by atomic mass is 35.5. The highest BCUT2D eigenvalue weighted by molar-refractivity contribution is 7.99. The molecule has 1 aromatic carbocycles. The van der Waals surface area contributed by atoms with Crippen molar-refractivity contribution in [1.82, 2.24) is 15.0 Å². The van der Waals surface area contributed by atoms with Crippen molar-refractivity contribution in [1.29, 1.82) is 0 Å². The third kappa shape index (κ3) is 4.84. The lowest BCUT2D eigenvalue weighted by atomic mass is 10.1. The van der Waals surface area contributed by atoms with Crippen molar-refractivity contribution in [2.45, 2.75) is 18.5 Å². The number of H-pyrrole nitrogens is 1. The van der Waals surface area contributed by atoms with Gasteiger partial charge in [0.1, 0.15) is 0 Å². The van der Waals surface area contributed by atoms with Gasteiger partial charge in [0.2, 0.25) is 5.91 Å². The summed E-state index contributed by atoms with van der Waals surface area (Å²) in [7, 11) is 0. The Hall–Kier alpha value is -2.31. The van der Waals surface area contributed by atoms with Crippen molar-refractivity contribution in [3.05, 3.63) is 70.8 Å². The van der Waals surface area contributed by atoms with Crippen molar-refractivity contribution in [3.8, 4) is 0 Å².